The lowest BCUT2D eigenvalue weighted by atomic mass is 10.1. The van der Waals surface area contributed by atoms with Crippen LogP contribution in [0.15, 0.2) is 0 Å². The van der Waals surface area contributed by atoms with Crippen molar-refractivity contribution < 1.29 is 18.3 Å². The summed E-state index contributed by atoms with van der Waals surface area (Å²) in [6.45, 7) is 2.57. The minimum Gasteiger partial charge on any atom is -0.481 e. The first-order valence-electron chi connectivity index (χ1n) is 5.10. The molecule has 6 nitrogen and oxygen atoms in total. The number of rotatable bonds is 3. The van der Waals surface area contributed by atoms with Crippen molar-refractivity contribution in [3.8, 4) is 0 Å². The lowest BCUT2D eigenvalue weighted by Crippen LogP contribution is -2.57. The van der Waals surface area contributed by atoms with Gasteiger partial charge in [0.15, 0.2) is 0 Å². The zero-order chi connectivity index (χ0) is 12.5. The molecule has 0 radical (unpaired) electrons. The average Bonchev–Trinajstić information content (AvgIpc) is 2.10. The first kappa shape index (κ1) is 13.4. The summed E-state index contributed by atoms with van der Waals surface area (Å²) in [5.41, 5.74) is 0. The minimum atomic E-state index is -3.24. The monoisotopic (exact) mass is 250 g/mol. The van der Waals surface area contributed by atoms with E-state index in [2.05, 4.69) is 0 Å². The fourth-order valence-electron chi connectivity index (χ4n) is 1.90. The van der Waals surface area contributed by atoms with Crippen molar-refractivity contribution in [1.82, 2.24) is 9.21 Å². The maximum absolute atomic E-state index is 11.4. The van der Waals surface area contributed by atoms with Crippen molar-refractivity contribution in [2.24, 2.45) is 0 Å². The summed E-state index contributed by atoms with van der Waals surface area (Å²) in [6, 6.07) is -0.219. The van der Waals surface area contributed by atoms with Gasteiger partial charge in [0.2, 0.25) is 10.0 Å². The van der Waals surface area contributed by atoms with E-state index in [4.69, 9.17) is 5.11 Å². The van der Waals surface area contributed by atoms with E-state index in [0.717, 1.165) is 6.26 Å². The molecule has 1 heterocycles. The Morgan fingerprint density at radius 3 is 2.44 bits per heavy atom. The van der Waals surface area contributed by atoms with Gasteiger partial charge in [-0.3, -0.25) is 9.69 Å². The summed E-state index contributed by atoms with van der Waals surface area (Å²) >= 11 is 0. The van der Waals surface area contributed by atoms with Gasteiger partial charge in [0.05, 0.1) is 12.7 Å². The molecule has 16 heavy (non-hydrogen) atoms. The number of hydrogen-bond donors (Lipinski definition) is 1. The second-order valence-corrected chi connectivity index (χ2v) is 6.33. The van der Waals surface area contributed by atoms with Crippen molar-refractivity contribution in [2.75, 3.05) is 26.4 Å². The van der Waals surface area contributed by atoms with Crippen LogP contribution in [-0.4, -0.2) is 67.2 Å². The number of carboxylic acid groups (broad SMARTS) is 1. The Bertz CT molecular complexity index is 368. The van der Waals surface area contributed by atoms with Crippen LogP contribution in [0, 0.1) is 0 Å². The Kier molecular flexibility index (Phi) is 3.92. The summed E-state index contributed by atoms with van der Waals surface area (Å²) in [4.78, 5) is 12.6. The van der Waals surface area contributed by atoms with E-state index < -0.39 is 16.0 Å². The lowest BCUT2D eigenvalue weighted by molar-refractivity contribution is -0.139. The molecule has 0 aromatic carbocycles. The van der Waals surface area contributed by atoms with Gasteiger partial charge in [0, 0.05) is 25.2 Å². The Hall–Kier alpha value is -0.660. The van der Waals surface area contributed by atoms with Crippen LogP contribution in [0.4, 0.5) is 0 Å². The third-order valence-corrected chi connectivity index (χ3v) is 4.27. The number of piperazine rings is 1. The van der Waals surface area contributed by atoms with Crippen molar-refractivity contribution in [2.45, 2.75) is 25.4 Å². The molecule has 1 fully saturated rings. The number of nitrogens with zero attached hydrogens (tertiary/aromatic N) is 2. The molecule has 2 atom stereocenters. The fraction of sp³-hybridized carbons (Fsp3) is 0.889. The number of carbonyl (C=O) groups is 1. The number of hydrogen-bond acceptors (Lipinski definition) is 4. The van der Waals surface area contributed by atoms with E-state index in [0.29, 0.717) is 6.54 Å². The molecule has 1 saturated heterocycles. The van der Waals surface area contributed by atoms with Gasteiger partial charge in [0.25, 0.3) is 0 Å². The molecular weight excluding hydrogens is 232 g/mol. The van der Waals surface area contributed by atoms with Gasteiger partial charge in [0.1, 0.15) is 0 Å². The highest BCUT2D eigenvalue weighted by Gasteiger charge is 2.34. The normalized spacial score (nSPS) is 29.2. The van der Waals surface area contributed by atoms with E-state index in [1.54, 1.807) is 0 Å². The van der Waals surface area contributed by atoms with Crippen LogP contribution in [-0.2, 0) is 14.8 Å². The molecule has 1 N–H and O–H groups in total. The van der Waals surface area contributed by atoms with E-state index in [-0.39, 0.29) is 25.0 Å². The SMILES string of the molecule is CC1CN(S(C)(=O)=O)CC(CC(=O)O)N1C. The number of sulfonamides is 1. The van der Waals surface area contributed by atoms with Crippen LogP contribution < -0.4 is 0 Å². The van der Waals surface area contributed by atoms with Gasteiger partial charge >= 0.3 is 5.97 Å². The Labute approximate surface area is 95.9 Å². The predicted molar refractivity (Wildman–Crippen MR) is 59.7 cm³/mol. The largest absolute Gasteiger partial charge is 0.481 e. The topological polar surface area (TPSA) is 77.9 Å². The minimum absolute atomic E-state index is 0.0349. The number of aliphatic carboxylic acids is 1. The van der Waals surface area contributed by atoms with Crippen LogP contribution >= 0.6 is 0 Å². The number of likely N-dealkylation sites (N-methyl/N-ethyl adjacent to an activating group) is 1. The molecule has 0 aromatic heterocycles. The zero-order valence-corrected chi connectivity index (χ0v) is 10.6. The van der Waals surface area contributed by atoms with E-state index in [1.807, 2.05) is 18.9 Å². The van der Waals surface area contributed by atoms with Crippen molar-refractivity contribution >= 4 is 16.0 Å². The Morgan fingerprint density at radius 2 is 2.00 bits per heavy atom. The van der Waals surface area contributed by atoms with Gasteiger partial charge in [-0.05, 0) is 14.0 Å². The molecule has 0 aromatic rings. The molecule has 1 aliphatic heterocycles. The van der Waals surface area contributed by atoms with Crippen LogP contribution in [0.3, 0.4) is 0 Å². The summed E-state index contributed by atoms with van der Waals surface area (Å²) in [7, 11) is -1.41. The van der Waals surface area contributed by atoms with Gasteiger partial charge in [-0.2, -0.15) is 4.31 Å². The summed E-state index contributed by atoms with van der Waals surface area (Å²) in [5, 5.41) is 8.76. The van der Waals surface area contributed by atoms with Crippen molar-refractivity contribution in [1.29, 1.82) is 0 Å². The Morgan fingerprint density at radius 1 is 1.44 bits per heavy atom. The van der Waals surface area contributed by atoms with Gasteiger partial charge < -0.3 is 5.11 Å². The van der Waals surface area contributed by atoms with E-state index in [1.165, 1.54) is 4.31 Å². The molecule has 0 spiro atoms. The third-order valence-electron chi connectivity index (χ3n) is 3.03. The van der Waals surface area contributed by atoms with Crippen LogP contribution in [0.5, 0.6) is 0 Å². The average molecular weight is 250 g/mol. The van der Waals surface area contributed by atoms with Crippen LogP contribution in [0.2, 0.25) is 0 Å². The highest BCUT2D eigenvalue weighted by Crippen LogP contribution is 2.18. The third kappa shape index (κ3) is 3.16. The van der Waals surface area contributed by atoms with E-state index in [9.17, 15) is 13.2 Å². The molecule has 1 aliphatic rings. The van der Waals surface area contributed by atoms with Crippen LogP contribution in [0.1, 0.15) is 13.3 Å². The summed E-state index contributed by atoms with van der Waals surface area (Å²) < 4.78 is 24.2. The Balaban J connectivity index is 2.81. The first-order valence-corrected chi connectivity index (χ1v) is 6.95. The molecule has 0 aliphatic carbocycles. The fourth-order valence-corrected chi connectivity index (χ4v) is 2.83. The highest BCUT2D eigenvalue weighted by atomic mass is 32.2. The molecule has 7 heteroatoms. The molecule has 2 unspecified atom stereocenters. The highest BCUT2D eigenvalue weighted by molar-refractivity contribution is 7.88. The molecular formula is C9H18N2O4S. The maximum atomic E-state index is 11.4. The predicted octanol–water partition coefficient (Wildman–Crippen LogP) is -0.575. The maximum Gasteiger partial charge on any atom is 0.304 e. The van der Waals surface area contributed by atoms with Gasteiger partial charge in [-0.1, -0.05) is 0 Å². The molecule has 0 saturated carbocycles. The number of carboxylic acids is 1. The quantitative estimate of drug-likeness (QED) is 0.725. The van der Waals surface area contributed by atoms with Crippen molar-refractivity contribution in [3.05, 3.63) is 0 Å². The van der Waals surface area contributed by atoms with Gasteiger partial charge in [-0.15, -0.1) is 0 Å². The zero-order valence-electron chi connectivity index (χ0n) is 9.75. The second kappa shape index (κ2) is 4.68. The van der Waals surface area contributed by atoms with E-state index >= 15 is 0 Å². The van der Waals surface area contributed by atoms with Crippen LogP contribution in [0.25, 0.3) is 0 Å². The molecule has 1 rings (SSSR count). The summed E-state index contributed by atoms with van der Waals surface area (Å²) in [5.74, 6) is -0.903. The molecule has 94 valence electrons. The lowest BCUT2D eigenvalue weighted by Gasteiger charge is -2.42. The smallest absolute Gasteiger partial charge is 0.304 e. The van der Waals surface area contributed by atoms with Crippen molar-refractivity contribution in [3.63, 3.8) is 0 Å². The molecule has 0 amide bonds. The standard InChI is InChI=1S/C9H18N2O4S/c1-7-5-11(16(3,14)15)6-8(10(7)2)4-9(12)13/h7-8H,4-6H2,1-3H3,(H,12,13). The summed E-state index contributed by atoms with van der Waals surface area (Å²) in [6.07, 6.45) is 1.12. The first-order chi connectivity index (χ1) is 7.21. The second-order valence-electron chi connectivity index (χ2n) is 4.35. The molecule has 0 bridgehead atoms. The van der Waals surface area contributed by atoms with Gasteiger partial charge in [-0.25, -0.2) is 8.42 Å².